The lowest BCUT2D eigenvalue weighted by molar-refractivity contribution is 0.668. The summed E-state index contributed by atoms with van der Waals surface area (Å²) in [6.45, 7) is 2.11. The average Bonchev–Trinajstić information content (AvgIpc) is 3.03. The second-order valence-electron chi connectivity index (χ2n) is 4.70. The Balaban J connectivity index is 2.10. The van der Waals surface area contributed by atoms with Crippen molar-refractivity contribution in [1.82, 2.24) is 9.78 Å². The molecule has 1 aromatic carbocycles. The molecule has 3 rings (SSSR count). The normalized spacial score (nSPS) is 13.0. The summed E-state index contributed by atoms with van der Waals surface area (Å²) in [6.07, 6.45) is 0.934. The average molecular weight is 271 g/mol. The topological polar surface area (TPSA) is 43.8 Å². The summed E-state index contributed by atoms with van der Waals surface area (Å²) in [5.41, 5.74) is 9.79. The fraction of sp³-hybridized carbons (Fsp3) is 0.267. The first-order chi connectivity index (χ1) is 9.20. The fourth-order valence-electron chi connectivity index (χ4n) is 2.43. The van der Waals surface area contributed by atoms with E-state index >= 15 is 0 Å². The van der Waals surface area contributed by atoms with E-state index in [1.807, 2.05) is 11.7 Å². The van der Waals surface area contributed by atoms with Gasteiger partial charge >= 0.3 is 0 Å². The van der Waals surface area contributed by atoms with Gasteiger partial charge in [0, 0.05) is 11.7 Å². The van der Waals surface area contributed by atoms with Gasteiger partial charge in [0.25, 0.3) is 0 Å². The van der Waals surface area contributed by atoms with Crippen molar-refractivity contribution in [2.75, 3.05) is 0 Å². The standard InChI is InChI=1S/C15H17N3S/c1-3-11-9-13(18(2)17-11)14(16)12-6-4-5-10-7-8-19-15(10)12/h4-9,14H,3,16H2,1-2H3. The molecule has 0 saturated heterocycles. The molecule has 2 heterocycles. The van der Waals surface area contributed by atoms with Gasteiger partial charge in [0.2, 0.25) is 0 Å². The third-order valence-electron chi connectivity index (χ3n) is 3.49. The quantitative estimate of drug-likeness (QED) is 0.794. The number of rotatable bonds is 3. The van der Waals surface area contributed by atoms with Gasteiger partial charge < -0.3 is 5.73 Å². The third-order valence-corrected chi connectivity index (χ3v) is 4.47. The van der Waals surface area contributed by atoms with E-state index in [0.717, 1.165) is 17.8 Å². The maximum atomic E-state index is 6.46. The molecule has 0 fully saturated rings. The second-order valence-corrected chi connectivity index (χ2v) is 5.62. The predicted molar refractivity (Wildman–Crippen MR) is 80.4 cm³/mol. The Morgan fingerprint density at radius 3 is 2.95 bits per heavy atom. The molecule has 2 aromatic heterocycles. The molecule has 0 bridgehead atoms. The molecule has 0 saturated carbocycles. The summed E-state index contributed by atoms with van der Waals surface area (Å²) in [4.78, 5) is 0. The Morgan fingerprint density at radius 1 is 1.37 bits per heavy atom. The van der Waals surface area contributed by atoms with E-state index in [0.29, 0.717) is 0 Å². The van der Waals surface area contributed by atoms with E-state index in [1.165, 1.54) is 15.6 Å². The van der Waals surface area contributed by atoms with Gasteiger partial charge in [0.05, 0.1) is 17.4 Å². The van der Waals surface area contributed by atoms with Crippen LogP contribution in [0.1, 0.15) is 29.9 Å². The number of aromatic nitrogens is 2. The second kappa shape index (κ2) is 4.79. The summed E-state index contributed by atoms with van der Waals surface area (Å²) < 4.78 is 3.17. The number of thiophene rings is 1. The van der Waals surface area contributed by atoms with Gasteiger partial charge in [-0.2, -0.15) is 5.10 Å². The van der Waals surface area contributed by atoms with Gasteiger partial charge in [-0.1, -0.05) is 25.1 Å². The highest BCUT2D eigenvalue weighted by Gasteiger charge is 2.17. The molecule has 0 spiro atoms. The van der Waals surface area contributed by atoms with Crippen LogP contribution in [0.2, 0.25) is 0 Å². The number of nitrogens with zero attached hydrogens (tertiary/aromatic N) is 2. The maximum Gasteiger partial charge on any atom is 0.0737 e. The van der Waals surface area contributed by atoms with Crippen LogP contribution in [0, 0.1) is 0 Å². The molecule has 1 unspecified atom stereocenters. The zero-order chi connectivity index (χ0) is 13.4. The lowest BCUT2D eigenvalue weighted by atomic mass is 10.0. The number of hydrogen-bond donors (Lipinski definition) is 1. The summed E-state index contributed by atoms with van der Waals surface area (Å²) in [6, 6.07) is 10.4. The lowest BCUT2D eigenvalue weighted by Gasteiger charge is -2.13. The van der Waals surface area contributed by atoms with Crippen LogP contribution in [-0.2, 0) is 13.5 Å². The Hall–Kier alpha value is -1.65. The van der Waals surface area contributed by atoms with Crippen molar-refractivity contribution in [1.29, 1.82) is 0 Å². The summed E-state index contributed by atoms with van der Waals surface area (Å²) >= 11 is 1.75. The summed E-state index contributed by atoms with van der Waals surface area (Å²) in [7, 11) is 1.96. The first kappa shape index (κ1) is 12.4. The van der Waals surface area contributed by atoms with Gasteiger partial charge in [-0.15, -0.1) is 11.3 Å². The van der Waals surface area contributed by atoms with Gasteiger partial charge in [0.15, 0.2) is 0 Å². The van der Waals surface area contributed by atoms with Crippen LogP contribution in [0.15, 0.2) is 35.7 Å². The molecule has 0 aliphatic carbocycles. The van der Waals surface area contributed by atoms with E-state index in [1.54, 1.807) is 11.3 Å². The Bertz CT molecular complexity index is 711. The van der Waals surface area contributed by atoms with Crippen molar-refractivity contribution >= 4 is 21.4 Å². The molecular weight excluding hydrogens is 254 g/mol. The summed E-state index contributed by atoms with van der Waals surface area (Å²) in [5, 5.41) is 7.86. The molecule has 4 heteroatoms. The Kier molecular flexibility index (Phi) is 3.12. The minimum Gasteiger partial charge on any atom is -0.319 e. The van der Waals surface area contributed by atoms with Gasteiger partial charge in [-0.05, 0) is 34.9 Å². The monoisotopic (exact) mass is 271 g/mol. The zero-order valence-electron chi connectivity index (χ0n) is 11.1. The molecule has 0 aliphatic heterocycles. The number of nitrogens with two attached hydrogens (primary N) is 1. The fourth-order valence-corrected chi connectivity index (χ4v) is 3.38. The molecule has 3 nitrogen and oxygen atoms in total. The van der Waals surface area contributed by atoms with E-state index < -0.39 is 0 Å². The molecule has 0 aliphatic rings. The van der Waals surface area contributed by atoms with Crippen molar-refractivity contribution in [3.8, 4) is 0 Å². The van der Waals surface area contributed by atoms with Crippen molar-refractivity contribution in [2.24, 2.45) is 12.8 Å². The molecule has 3 aromatic rings. The van der Waals surface area contributed by atoms with Crippen LogP contribution in [-0.4, -0.2) is 9.78 Å². The molecule has 98 valence electrons. The number of benzene rings is 1. The van der Waals surface area contributed by atoms with Crippen molar-refractivity contribution in [3.05, 3.63) is 52.7 Å². The predicted octanol–water partition coefficient (Wildman–Crippen LogP) is 3.25. The highest BCUT2D eigenvalue weighted by molar-refractivity contribution is 7.17. The van der Waals surface area contributed by atoms with Gasteiger partial charge in [-0.25, -0.2) is 0 Å². The summed E-state index contributed by atoms with van der Waals surface area (Å²) in [5.74, 6) is 0. The van der Waals surface area contributed by atoms with E-state index in [2.05, 4.69) is 47.7 Å². The highest BCUT2D eigenvalue weighted by Crippen LogP contribution is 2.31. The zero-order valence-corrected chi connectivity index (χ0v) is 11.9. The molecule has 0 amide bonds. The maximum absolute atomic E-state index is 6.46. The van der Waals surface area contributed by atoms with Crippen molar-refractivity contribution in [2.45, 2.75) is 19.4 Å². The highest BCUT2D eigenvalue weighted by atomic mass is 32.1. The minimum absolute atomic E-state index is 0.125. The van der Waals surface area contributed by atoms with E-state index in [9.17, 15) is 0 Å². The minimum atomic E-state index is -0.125. The van der Waals surface area contributed by atoms with E-state index in [-0.39, 0.29) is 6.04 Å². The number of aryl methyl sites for hydroxylation is 2. The Morgan fingerprint density at radius 2 is 2.21 bits per heavy atom. The molecular formula is C15H17N3S. The lowest BCUT2D eigenvalue weighted by Crippen LogP contribution is -2.15. The molecule has 19 heavy (non-hydrogen) atoms. The van der Waals surface area contributed by atoms with Crippen LogP contribution in [0.25, 0.3) is 10.1 Å². The van der Waals surface area contributed by atoms with Crippen LogP contribution in [0.5, 0.6) is 0 Å². The molecule has 1 atom stereocenters. The van der Waals surface area contributed by atoms with E-state index in [4.69, 9.17) is 5.73 Å². The van der Waals surface area contributed by atoms with Crippen molar-refractivity contribution in [3.63, 3.8) is 0 Å². The van der Waals surface area contributed by atoms with Gasteiger partial charge in [0.1, 0.15) is 0 Å². The van der Waals surface area contributed by atoms with Crippen LogP contribution < -0.4 is 5.73 Å². The van der Waals surface area contributed by atoms with Gasteiger partial charge in [-0.3, -0.25) is 4.68 Å². The smallest absolute Gasteiger partial charge is 0.0737 e. The molecule has 2 N–H and O–H groups in total. The SMILES string of the molecule is CCc1cc(C(N)c2cccc3ccsc23)n(C)n1. The first-order valence-corrected chi connectivity index (χ1v) is 7.33. The number of hydrogen-bond acceptors (Lipinski definition) is 3. The van der Waals surface area contributed by atoms with Crippen LogP contribution in [0.4, 0.5) is 0 Å². The van der Waals surface area contributed by atoms with Crippen LogP contribution >= 0.6 is 11.3 Å². The first-order valence-electron chi connectivity index (χ1n) is 6.45. The van der Waals surface area contributed by atoms with Crippen LogP contribution in [0.3, 0.4) is 0 Å². The third kappa shape index (κ3) is 2.07. The molecule has 0 radical (unpaired) electrons. The number of fused-ring (bicyclic) bond motifs is 1. The largest absolute Gasteiger partial charge is 0.319 e. The van der Waals surface area contributed by atoms with Crippen molar-refractivity contribution < 1.29 is 0 Å². The Labute approximate surface area is 116 Å².